The van der Waals surface area contributed by atoms with Crippen LogP contribution in [0.4, 0.5) is 8.78 Å². The second kappa shape index (κ2) is 6.82. The van der Waals surface area contributed by atoms with Crippen LogP contribution in [0, 0.1) is 34.5 Å². The van der Waals surface area contributed by atoms with Gasteiger partial charge >= 0.3 is 0 Å². The maximum atomic E-state index is 13.9. The number of halogens is 2. The van der Waals surface area contributed by atoms with Gasteiger partial charge in [0.1, 0.15) is 0 Å². The van der Waals surface area contributed by atoms with E-state index < -0.39 is 5.92 Å². The maximum absolute atomic E-state index is 13.9. The first-order valence-corrected chi connectivity index (χ1v) is 11.4. The largest absolute Gasteiger partial charge is 0.393 e. The van der Waals surface area contributed by atoms with Gasteiger partial charge in [-0.3, -0.25) is 0 Å². The fraction of sp³-hybridized carbons (Fsp3) is 0.917. The number of hydrogen-bond acceptors (Lipinski definition) is 1. The quantitative estimate of drug-likeness (QED) is 0.535. The van der Waals surface area contributed by atoms with Gasteiger partial charge in [0.15, 0.2) is 0 Å². The van der Waals surface area contributed by atoms with Crippen LogP contribution in [-0.2, 0) is 0 Å². The summed E-state index contributed by atoms with van der Waals surface area (Å²) in [5, 5.41) is 10.1. The Balaban J connectivity index is 1.52. The Morgan fingerprint density at radius 1 is 1.11 bits per heavy atom. The lowest BCUT2D eigenvalue weighted by Crippen LogP contribution is -2.50. The van der Waals surface area contributed by atoms with Crippen molar-refractivity contribution in [2.45, 2.75) is 103 Å². The normalized spacial score (nSPS) is 47.0. The van der Waals surface area contributed by atoms with Gasteiger partial charge in [-0.15, -0.1) is 0 Å². The molecule has 0 aromatic rings. The molecular formula is C24H38F2O. The SMILES string of the molecule is CCC(F)(F)CC[C@H]1CCC2C3CC=C4CC(O)CCC4(C)C3CC[C@@]21C. The van der Waals surface area contributed by atoms with Gasteiger partial charge in [-0.25, -0.2) is 8.78 Å². The molecule has 4 aliphatic carbocycles. The van der Waals surface area contributed by atoms with Crippen LogP contribution in [0.3, 0.4) is 0 Å². The van der Waals surface area contributed by atoms with Crippen molar-refractivity contribution in [3.8, 4) is 0 Å². The number of alkyl halides is 2. The number of fused-ring (bicyclic) bond motifs is 5. The Hall–Kier alpha value is -0.440. The summed E-state index contributed by atoms with van der Waals surface area (Å²) in [6, 6.07) is 0. The van der Waals surface area contributed by atoms with Crippen LogP contribution in [0.1, 0.15) is 91.4 Å². The standard InChI is InChI=1S/C24H38F2O/c1-4-24(25,26)14-9-16-6-8-20-19-7-5-17-15-18(27)10-12-23(17,3)21(19)11-13-22(16,20)2/h5,16,18-21,27H,4,6-15H2,1-3H3/t16-,18?,19?,20?,21?,22-,23?/m1/s1. The van der Waals surface area contributed by atoms with Crippen LogP contribution < -0.4 is 0 Å². The molecule has 3 saturated carbocycles. The van der Waals surface area contributed by atoms with Gasteiger partial charge in [-0.2, -0.15) is 0 Å². The summed E-state index contributed by atoms with van der Waals surface area (Å²) in [6.07, 6.45) is 12.0. The van der Waals surface area contributed by atoms with Crippen LogP contribution in [0.25, 0.3) is 0 Å². The van der Waals surface area contributed by atoms with E-state index >= 15 is 0 Å². The van der Waals surface area contributed by atoms with Gasteiger partial charge in [-0.1, -0.05) is 32.4 Å². The van der Waals surface area contributed by atoms with E-state index in [1.807, 2.05) is 0 Å². The molecular weight excluding hydrogens is 342 g/mol. The second-order valence-electron chi connectivity index (χ2n) is 10.7. The van der Waals surface area contributed by atoms with Crippen molar-refractivity contribution in [3.63, 3.8) is 0 Å². The smallest absolute Gasteiger partial charge is 0.247 e. The lowest BCUT2D eigenvalue weighted by Gasteiger charge is -2.58. The molecule has 0 aromatic carbocycles. The van der Waals surface area contributed by atoms with Crippen LogP contribution in [0.15, 0.2) is 11.6 Å². The van der Waals surface area contributed by atoms with Gasteiger partial charge in [0, 0.05) is 12.8 Å². The second-order valence-corrected chi connectivity index (χ2v) is 10.7. The summed E-state index contributed by atoms with van der Waals surface area (Å²) in [5.41, 5.74) is 2.06. The van der Waals surface area contributed by atoms with Crippen molar-refractivity contribution in [3.05, 3.63) is 11.6 Å². The fourth-order valence-electron chi connectivity index (χ4n) is 7.79. The van der Waals surface area contributed by atoms with E-state index in [2.05, 4.69) is 19.9 Å². The molecule has 0 spiro atoms. The molecule has 154 valence electrons. The van der Waals surface area contributed by atoms with Gasteiger partial charge in [-0.05, 0) is 92.3 Å². The lowest BCUT2D eigenvalue weighted by atomic mass is 9.47. The number of aliphatic hydroxyl groups excluding tert-OH is 1. The molecule has 0 amide bonds. The summed E-state index contributed by atoms with van der Waals surface area (Å²) in [6.45, 7) is 6.50. The van der Waals surface area contributed by atoms with Gasteiger partial charge in [0.25, 0.3) is 0 Å². The molecule has 0 bridgehead atoms. The molecule has 1 nitrogen and oxygen atoms in total. The molecule has 27 heavy (non-hydrogen) atoms. The maximum Gasteiger partial charge on any atom is 0.247 e. The third-order valence-electron chi connectivity index (χ3n) is 9.65. The zero-order valence-corrected chi connectivity index (χ0v) is 17.4. The number of rotatable bonds is 4. The van der Waals surface area contributed by atoms with E-state index in [0.29, 0.717) is 18.3 Å². The van der Waals surface area contributed by atoms with Crippen molar-refractivity contribution in [1.29, 1.82) is 0 Å². The molecule has 0 radical (unpaired) electrons. The zero-order valence-electron chi connectivity index (χ0n) is 17.4. The van der Waals surface area contributed by atoms with Crippen molar-refractivity contribution < 1.29 is 13.9 Å². The highest BCUT2D eigenvalue weighted by atomic mass is 19.3. The minimum absolute atomic E-state index is 0.0255. The van der Waals surface area contributed by atoms with Crippen LogP contribution in [0.2, 0.25) is 0 Å². The Labute approximate surface area is 164 Å². The average Bonchev–Trinajstić information content (AvgIpc) is 2.97. The topological polar surface area (TPSA) is 20.2 Å². The minimum atomic E-state index is -2.48. The predicted molar refractivity (Wildman–Crippen MR) is 106 cm³/mol. The first kappa shape index (κ1) is 19.9. The first-order chi connectivity index (χ1) is 12.7. The molecule has 3 heteroatoms. The van der Waals surface area contributed by atoms with E-state index in [1.165, 1.54) is 24.8 Å². The predicted octanol–water partition coefficient (Wildman–Crippen LogP) is 6.75. The summed E-state index contributed by atoms with van der Waals surface area (Å²) >= 11 is 0. The molecule has 1 N–H and O–H groups in total. The van der Waals surface area contributed by atoms with Crippen molar-refractivity contribution >= 4 is 0 Å². The van der Waals surface area contributed by atoms with Gasteiger partial charge in [0.05, 0.1) is 6.10 Å². The summed E-state index contributed by atoms with van der Waals surface area (Å²) in [5.74, 6) is 0.165. The van der Waals surface area contributed by atoms with Gasteiger partial charge in [0.2, 0.25) is 5.92 Å². The van der Waals surface area contributed by atoms with Crippen LogP contribution in [-0.4, -0.2) is 17.1 Å². The third kappa shape index (κ3) is 3.20. The number of hydrogen-bond donors (Lipinski definition) is 1. The molecule has 3 fully saturated rings. The fourth-order valence-corrected chi connectivity index (χ4v) is 7.79. The highest BCUT2D eigenvalue weighted by Crippen LogP contribution is 2.66. The Morgan fingerprint density at radius 2 is 1.89 bits per heavy atom. The Kier molecular flexibility index (Phi) is 5.01. The average molecular weight is 381 g/mol. The molecule has 0 saturated heterocycles. The van der Waals surface area contributed by atoms with Crippen molar-refractivity contribution in [2.24, 2.45) is 34.5 Å². The lowest BCUT2D eigenvalue weighted by molar-refractivity contribution is -0.0596. The van der Waals surface area contributed by atoms with Gasteiger partial charge < -0.3 is 5.11 Å². The number of allylic oxidation sites excluding steroid dienone is 1. The summed E-state index contributed by atoms with van der Waals surface area (Å²) in [7, 11) is 0. The van der Waals surface area contributed by atoms with E-state index in [0.717, 1.165) is 43.9 Å². The van der Waals surface area contributed by atoms with Crippen molar-refractivity contribution in [1.82, 2.24) is 0 Å². The van der Waals surface area contributed by atoms with E-state index in [4.69, 9.17) is 0 Å². The molecule has 0 aliphatic heterocycles. The molecule has 4 rings (SSSR count). The first-order valence-electron chi connectivity index (χ1n) is 11.4. The highest BCUT2D eigenvalue weighted by Gasteiger charge is 2.58. The summed E-state index contributed by atoms with van der Waals surface area (Å²) < 4.78 is 27.7. The van der Waals surface area contributed by atoms with Crippen LogP contribution in [0.5, 0.6) is 0 Å². The zero-order chi connectivity index (χ0) is 19.4. The molecule has 7 atom stereocenters. The van der Waals surface area contributed by atoms with Crippen molar-refractivity contribution in [2.75, 3.05) is 0 Å². The highest BCUT2D eigenvalue weighted by molar-refractivity contribution is 5.25. The molecule has 5 unspecified atom stereocenters. The van der Waals surface area contributed by atoms with E-state index in [1.54, 1.807) is 6.92 Å². The van der Waals surface area contributed by atoms with E-state index in [9.17, 15) is 13.9 Å². The Morgan fingerprint density at radius 3 is 2.63 bits per heavy atom. The molecule has 0 aromatic heterocycles. The minimum Gasteiger partial charge on any atom is -0.393 e. The monoisotopic (exact) mass is 380 g/mol. The third-order valence-corrected chi connectivity index (χ3v) is 9.65. The molecule has 0 heterocycles. The molecule has 4 aliphatic rings. The number of aliphatic hydroxyl groups is 1. The Bertz CT molecular complexity index is 599. The summed E-state index contributed by atoms with van der Waals surface area (Å²) in [4.78, 5) is 0. The van der Waals surface area contributed by atoms with E-state index in [-0.39, 0.29) is 29.8 Å². The van der Waals surface area contributed by atoms with Crippen LogP contribution >= 0.6 is 0 Å².